The molecule has 0 bridgehead atoms. The second-order valence-corrected chi connectivity index (χ2v) is 6.04. The van der Waals surface area contributed by atoms with Gasteiger partial charge in [-0.3, -0.25) is 4.90 Å². The van der Waals surface area contributed by atoms with Crippen LogP contribution in [0, 0.1) is 0 Å². The Morgan fingerprint density at radius 3 is 2.50 bits per heavy atom. The molecule has 0 radical (unpaired) electrons. The monoisotopic (exact) mass is 226 g/mol. The van der Waals surface area contributed by atoms with Gasteiger partial charge in [-0.15, -0.1) is 0 Å². The Labute approximate surface area is 99.3 Å². The van der Waals surface area contributed by atoms with Crippen LogP contribution in [-0.4, -0.2) is 42.8 Å². The summed E-state index contributed by atoms with van der Waals surface area (Å²) in [5.74, 6) is 0. The Hall–Kier alpha value is -0.120. The fourth-order valence-electron chi connectivity index (χ4n) is 3.29. The fourth-order valence-corrected chi connectivity index (χ4v) is 3.29. The number of methoxy groups -OCH3 is 1. The molecule has 3 heteroatoms. The highest BCUT2D eigenvalue weighted by atomic mass is 16.5. The zero-order valence-corrected chi connectivity index (χ0v) is 10.8. The van der Waals surface area contributed by atoms with E-state index < -0.39 is 0 Å². The summed E-state index contributed by atoms with van der Waals surface area (Å²) in [6.07, 6.45) is 7.44. The van der Waals surface area contributed by atoms with Gasteiger partial charge >= 0.3 is 0 Å². The van der Waals surface area contributed by atoms with Gasteiger partial charge < -0.3 is 10.5 Å². The second-order valence-electron chi connectivity index (χ2n) is 6.04. The highest BCUT2D eigenvalue weighted by molar-refractivity contribution is 4.95. The molecule has 2 N–H and O–H groups in total. The Bertz CT molecular complexity index is 238. The molecular weight excluding hydrogens is 200 g/mol. The number of rotatable bonds is 3. The first-order valence-electron chi connectivity index (χ1n) is 6.62. The van der Waals surface area contributed by atoms with E-state index in [0.717, 1.165) is 13.1 Å². The van der Waals surface area contributed by atoms with Gasteiger partial charge in [0.1, 0.15) is 0 Å². The van der Waals surface area contributed by atoms with Crippen molar-refractivity contribution >= 4 is 0 Å². The quantitative estimate of drug-likeness (QED) is 0.797. The number of ether oxygens (including phenoxy) is 1. The van der Waals surface area contributed by atoms with Crippen LogP contribution in [0.2, 0.25) is 0 Å². The van der Waals surface area contributed by atoms with E-state index in [9.17, 15) is 0 Å². The molecule has 0 amide bonds. The smallest absolute Gasteiger partial charge is 0.0777 e. The minimum absolute atomic E-state index is 0.0488. The molecule has 3 nitrogen and oxygen atoms in total. The van der Waals surface area contributed by atoms with Gasteiger partial charge in [-0.05, 0) is 39.2 Å². The molecule has 1 heterocycles. The van der Waals surface area contributed by atoms with E-state index in [1.807, 2.05) is 7.11 Å². The van der Waals surface area contributed by atoms with Crippen LogP contribution in [0.15, 0.2) is 0 Å². The van der Waals surface area contributed by atoms with E-state index >= 15 is 0 Å². The normalized spacial score (nSPS) is 35.4. The van der Waals surface area contributed by atoms with Crippen molar-refractivity contribution in [2.75, 3.05) is 26.7 Å². The van der Waals surface area contributed by atoms with Gasteiger partial charge in [0.25, 0.3) is 0 Å². The highest BCUT2D eigenvalue weighted by Crippen LogP contribution is 2.30. The Kier molecular flexibility index (Phi) is 3.57. The van der Waals surface area contributed by atoms with Crippen molar-refractivity contribution < 1.29 is 4.74 Å². The number of nitrogens with two attached hydrogens (primary N) is 1. The molecular formula is C13H26N2O. The molecule has 1 aliphatic carbocycles. The minimum Gasteiger partial charge on any atom is -0.377 e. The van der Waals surface area contributed by atoms with Crippen LogP contribution in [0.3, 0.4) is 0 Å². The largest absolute Gasteiger partial charge is 0.377 e. The Balaban J connectivity index is 1.90. The number of hydrogen-bond acceptors (Lipinski definition) is 3. The molecule has 1 unspecified atom stereocenters. The molecule has 1 saturated heterocycles. The average molecular weight is 226 g/mol. The van der Waals surface area contributed by atoms with Crippen LogP contribution in [0.4, 0.5) is 0 Å². The van der Waals surface area contributed by atoms with Gasteiger partial charge in [0, 0.05) is 25.7 Å². The van der Waals surface area contributed by atoms with Gasteiger partial charge in [-0.1, -0.05) is 12.8 Å². The summed E-state index contributed by atoms with van der Waals surface area (Å²) in [4.78, 5) is 2.51. The Morgan fingerprint density at radius 1 is 1.19 bits per heavy atom. The predicted molar refractivity (Wildman–Crippen MR) is 66.5 cm³/mol. The summed E-state index contributed by atoms with van der Waals surface area (Å²) in [7, 11) is 1.83. The standard InChI is InChI=1S/C13H26N2O/c1-12(16-2)6-5-9-15(10-12)11-13(14)7-3-4-8-13/h3-11,14H2,1-2H3. The van der Waals surface area contributed by atoms with Crippen molar-refractivity contribution in [2.45, 2.75) is 56.6 Å². The molecule has 0 aromatic carbocycles. The molecule has 1 aliphatic heterocycles. The van der Waals surface area contributed by atoms with Crippen molar-refractivity contribution in [3.63, 3.8) is 0 Å². The maximum Gasteiger partial charge on any atom is 0.0777 e. The van der Waals surface area contributed by atoms with Crippen LogP contribution in [0.5, 0.6) is 0 Å². The van der Waals surface area contributed by atoms with Gasteiger partial charge in [0.2, 0.25) is 0 Å². The third kappa shape index (κ3) is 2.76. The van der Waals surface area contributed by atoms with Crippen LogP contribution in [0.25, 0.3) is 0 Å². The topological polar surface area (TPSA) is 38.5 Å². The van der Waals surface area contributed by atoms with Crippen LogP contribution in [0.1, 0.15) is 45.4 Å². The molecule has 2 fully saturated rings. The predicted octanol–water partition coefficient (Wildman–Crippen LogP) is 1.76. The third-order valence-corrected chi connectivity index (χ3v) is 4.37. The summed E-state index contributed by atoms with van der Waals surface area (Å²) in [6, 6.07) is 0. The van der Waals surface area contributed by atoms with E-state index in [1.165, 1.54) is 45.1 Å². The van der Waals surface area contributed by atoms with Gasteiger partial charge in [-0.2, -0.15) is 0 Å². The maximum atomic E-state index is 6.44. The van der Waals surface area contributed by atoms with E-state index in [-0.39, 0.29) is 11.1 Å². The first kappa shape index (κ1) is 12.3. The summed E-state index contributed by atoms with van der Waals surface area (Å²) in [5.41, 5.74) is 6.58. The van der Waals surface area contributed by atoms with Crippen LogP contribution >= 0.6 is 0 Å². The van der Waals surface area contributed by atoms with Crippen molar-refractivity contribution in [1.29, 1.82) is 0 Å². The summed E-state index contributed by atoms with van der Waals surface area (Å²) in [6.45, 7) is 5.52. The van der Waals surface area contributed by atoms with Crippen molar-refractivity contribution in [2.24, 2.45) is 5.73 Å². The summed E-state index contributed by atoms with van der Waals surface area (Å²) < 4.78 is 5.62. The van der Waals surface area contributed by atoms with E-state index in [2.05, 4.69) is 11.8 Å². The maximum absolute atomic E-state index is 6.44. The van der Waals surface area contributed by atoms with Gasteiger partial charge in [-0.25, -0.2) is 0 Å². The first-order valence-corrected chi connectivity index (χ1v) is 6.62. The Morgan fingerprint density at radius 2 is 1.88 bits per heavy atom. The average Bonchev–Trinajstić information content (AvgIpc) is 2.65. The van der Waals surface area contributed by atoms with Crippen molar-refractivity contribution in [3.05, 3.63) is 0 Å². The van der Waals surface area contributed by atoms with E-state index in [0.29, 0.717) is 0 Å². The highest BCUT2D eigenvalue weighted by Gasteiger charge is 2.36. The summed E-state index contributed by atoms with van der Waals surface area (Å²) >= 11 is 0. The molecule has 0 aromatic rings. The van der Waals surface area contributed by atoms with Gasteiger partial charge in [0.05, 0.1) is 5.60 Å². The van der Waals surface area contributed by atoms with Crippen molar-refractivity contribution in [3.8, 4) is 0 Å². The second kappa shape index (κ2) is 4.63. The third-order valence-electron chi connectivity index (χ3n) is 4.37. The first-order chi connectivity index (χ1) is 7.55. The number of nitrogens with zero attached hydrogens (tertiary/aromatic N) is 1. The molecule has 1 saturated carbocycles. The van der Waals surface area contributed by atoms with Crippen LogP contribution in [-0.2, 0) is 4.74 Å². The number of piperidine rings is 1. The van der Waals surface area contributed by atoms with E-state index in [1.54, 1.807) is 0 Å². The molecule has 2 rings (SSSR count). The molecule has 1 atom stereocenters. The SMILES string of the molecule is COC1(C)CCCN(CC2(N)CCCC2)C1. The number of likely N-dealkylation sites (tertiary alicyclic amines) is 1. The molecule has 2 aliphatic rings. The molecule has 0 aromatic heterocycles. The lowest BCUT2D eigenvalue weighted by molar-refractivity contribution is -0.0546. The summed E-state index contributed by atoms with van der Waals surface area (Å²) in [5, 5.41) is 0. The van der Waals surface area contributed by atoms with E-state index in [4.69, 9.17) is 10.5 Å². The van der Waals surface area contributed by atoms with Crippen molar-refractivity contribution in [1.82, 2.24) is 4.90 Å². The minimum atomic E-state index is 0.0488. The zero-order valence-electron chi connectivity index (χ0n) is 10.8. The lowest BCUT2D eigenvalue weighted by atomic mass is 9.91. The van der Waals surface area contributed by atoms with Crippen LogP contribution < -0.4 is 5.73 Å². The lowest BCUT2D eigenvalue weighted by Crippen LogP contribution is -2.54. The fraction of sp³-hybridized carbons (Fsp3) is 1.00. The lowest BCUT2D eigenvalue weighted by Gasteiger charge is -2.42. The number of hydrogen-bond donors (Lipinski definition) is 1. The molecule has 94 valence electrons. The molecule has 0 spiro atoms. The van der Waals surface area contributed by atoms with Gasteiger partial charge in [0.15, 0.2) is 0 Å². The molecule has 16 heavy (non-hydrogen) atoms. The zero-order chi connectivity index (χ0) is 11.6.